The molecule has 0 atom stereocenters. The molecule has 1 aromatic carbocycles. The second-order valence-corrected chi connectivity index (χ2v) is 6.98. The number of carbonyl (C=O) groups excluding carboxylic acids is 1. The van der Waals surface area contributed by atoms with Crippen molar-refractivity contribution in [3.8, 4) is 10.6 Å². The van der Waals surface area contributed by atoms with Crippen molar-refractivity contribution in [2.75, 3.05) is 6.54 Å². The summed E-state index contributed by atoms with van der Waals surface area (Å²) in [6, 6.07) is 6.20. The third kappa shape index (κ3) is 4.08. The summed E-state index contributed by atoms with van der Waals surface area (Å²) in [6.45, 7) is 3.79. The van der Waals surface area contributed by atoms with Crippen LogP contribution in [0.15, 0.2) is 35.1 Å². The van der Waals surface area contributed by atoms with Crippen LogP contribution in [-0.4, -0.2) is 27.2 Å². The largest absolute Gasteiger partial charge is 0.350 e. The highest BCUT2D eigenvalue weighted by Crippen LogP contribution is 2.27. The first kappa shape index (κ1) is 18.8. The van der Waals surface area contributed by atoms with E-state index in [1.807, 2.05) is 13.8 Å². The van der Waals surface area contributed by atoms with E-state index in [-0.39, 0.29) is 18.6 Å². The van der Waals surface area contributed by atoms with Crippen LogP contribution in [0.25, 0.3) is 10.6 Å². The number of benzene rings is 1. The standard InChI is InChI=1S/C18H16F2N4O2S/c1-10-17(27-11(2)22-10)14-6-7-15(25)24(23-14)9-8-21-18(26)16-12(19)4-3-5-13(16)20/h3-7H,8-9H2,1-2H3,(H,21,26). The highest BCUT2D eigenvalue weighted by atomic mass is 32.1. The highest BCUT2D eigenvalue weighted by Gasteiger charge is 2.16. The maximum Gasteiger partial charge on any atom is 0.266 e. The summed E-state index contributed by atoms with van der Waals surface area (Å²) in [5.41, 5.74) is 0.425. The quantitative estimate of drug-likeness (QED) is 0.727. The van der Waals surface area contributed by atoms with Gasteiger partial charge in [-0.3, -0.25) is 9.59 Å². The Kier molecular flexibility index (Phi) is 5.41. The van der Waals surface area contributed by atoms with Gasteiger partial charge in [0.1, 0.15) is 22.9 Å². The van der Waals surface area contributed by atoms with E-state index in [9.17, 15) is 18.4 Å². The predicted octanol–water partition coefficient (Wildman–Crippen LogP) is 2.69. The lowest BCUT2D eigenvalue weighted by Crippen LogP contribution is -2.32. The minimum absolute atomic E-state index is 0.0102. The van der Waals surface area contributed by atoms with Crippen molar-refractivity contribution in [3.05, 3.63) is 68.6 Å². The molecule has 1 N–H and O–H groups in total. The van der Waals surface area contributed by atoms with Gasteiger partial charge in [0, 0.05) is 12.6 Å². The molecule has 0 bridgehead atoms. The van der Waals surface area contributed by atoms with Gasteiger partial charge in [0.2, 0.25) is 0 Å². The van der Waals surface area contributed by atoms with Crippen molar-refractivity contribution in [3.63, 3.8) is 0 Å². The fraction of sp³-hybridized carbons (Fsp3) is 0.222. The Bertz CT molecular complexity index is 1040. The van der Waals surface area contributed by atoms with E-state index in [1.165, 1.54) is 28.2 Å². The van der Waals surface area contributed by atoms with Crippen LogP contribution in [0.2, 0.25) is 0 Å². The van der Waals surface area contributed by atoms with Crippen LogP contribution in [0.3, 0.4) is 0 Å². The number of aryl methyl sites for hydroxylation is 2. The van der Waals surface area contributed by atoms with Crippen LogP contribution in [0, 0.1) is 25.5 Å². The molecule has 0 spiro atoms. The second kappa shape index (κ2) is 7.75. The van der Waals surface area contributed by atoms with Crippen LogP contribution in [0.5, 0.6) is 0 Å². The molecule has 0 aliphatic carbocycles. The summed E-state index contributed by atoms with van der Waals surface area (Å²) in [5.74, 6) is -2.77. The molecule has 0 saturated heterocycles. The first-order chi connectivity index (χ1) is 12.9. The summed E-state index contributed by atoms with van der Waals surface area (Å²) < 4.78 is 28.4. The molecule has 0 radical (unpaired) electrons. The van der Waals surface area contributed by atoms with Gasteiger partial charge >= 0.3 is 0 Å². The molecular weight excluding hydrogens is 374 g/mol. The summed E-state index contributed by atoms with van der Waals surface area (Å²) in [4.78, 5) is 29.2. The van der Waals surface area contributed by atoms with E-state index in [0.717, 1.165) is 27.7 Å². The zero-order chi connectivity index (χ0) is 19.6. The number of amides is 1. The van der Waals surface area contributed by atoms with Gasteiger partial charge in [-0.25, -0.2) is 18.4 Å². The number of halogens is 2. The monoisotopic (exact) mass is 390 g/mol. The predicted molar refractivity (Wildman–Crippen MR) is 97.8 cm³/mol. The van der Waals surface area contributed by atoms with Crippen LogP contribution in [0.1, 0.15) is 21.1 Å². The van der Waals surface area contributed by atoms with E-state index in [4.69, 9.17) is 0 Å². The van der Waals surface area contributed by atoms with Gasteiger partial charge in [-0.05, 0) is 32.0 Å². The Labute approximate surface area is 157 Å². The zero-order valence-electron chi connectivity index (χ0n) is 14.6. The van der Waals surface area contributed by atoms with E-state index in [1.54, 1.807) is 6.07 Å². The second-order valence-electron chi connectivity index (χ2n) is 5.78. The Hall–Kier alpha value is -2.94. The fourth-order valence-electron chi connectivity index (χ4n) is 2.58. The number of nitrogens with one attached hydrogen (secondary N) is 1. The Morgan fingerprint density at radius 2 is 1.89 bits per heavy atom. The molecule has 1 amide bonds. The molecule has 0 unspecified atom stereocenters. The molecule has 27 heavy (non-hydrogen) atoms. The number of hydrogen-bond donors (Lipinski definition) is 1. The number of thiazole rings is 1. The number of rotatable bonds is 5. The summed E-state index contributed by atoms with van der Waals surface area (Å²) in [5, 5.41) is 7.59. The topological polar surface area (TPSA) is 76.9 Å². The van der Waals surface area contributed by atoms with Crippen molar-refractivity contribution in [1.82, 2.24) is 20.1 Å². The van der Waals surface area contributed by atoms with Crippen molar-refractivity contribution in [1.29, 1.82) is 0 Å². The first-order valence-corrected chi connectivity index (χ1v) is 8.93. The van der Waals surface area contributed by atoms with Gasteiger partial charge in [0.05, 0.1) is 22.1 Å². The fourth-order valence-corrected chi connectivity index (χ4v) is 3.46. The van der Waals surface area contributed by atoms with Crippen LogP contribution < -0.4 is 10.9 Å². The van der Waals surface area contributed by atoms with Crippen LogP contribution >= 0.6 is 11.3 Å². The molecule has 140 valence electrons. The van der Waals surface area contributed by atoms with Crippen molar-refractivity contribution < 1.29 is 13.6 Å². The maximum atomic E-state index is 13.6. The smallest absolute Gasteiger partial charge is 0.266 e. The number of carbonyl (C=O) groups is 1. The number of hydrogen-bond acceptors (Lipinski definition) is 5. The molecule has 0 aliphatic heterocycles. The molecule has 9 heteroatoms. The highest BCUT2D eigenvalue weighted by molar-refractivity contribution is 7.15. The minimum atomic E-state index is -0.944. The lowest BCUT2D eigenvalue weighted by Gasteiger charge is -2.09. The van der Waals surface area contributed by atoms with Gasteiger partial charge in [0.25, 0.3) is 11.5 Å². The Morgan fingerprint density at radius 3 is 2.52 bits per heavy atom. The van der Waals surface area contributed by atoms with Crippen molar-refractivity contribution >= 4 is 17.2 Å². The van der Waals surface area contributed by atoms with E-state index in [0.29, 0.717) is 5.69 Å². The third-order valence-corrected chi connectivity index (χ3v) is 4.90. The molecular formula is C18H16F2N4O2S. The van der Waals surface area contributed by atoms with Crippen molar-refractivity contribution in [2.45, 2.75) is 20.4 Å². The van der Waals surface area contributed by atoms with Crippen LogP contribution in [0.4, 0.5) is 8.78 Å². The van der Waals surface area contributed by atoms with E-state index in [2.05, 4.69) is 15.4 Å². The summed E-state index contributed by atoms with van der Waals surface area (Å²) in [6.07, 6.45) is 0. The molecule has 0 aliphatic rings. The number of aromatic nitrogens is 3. The molecule has 3 aromatic rings. The molecule has 0 saturated carbocycles. The molecule has 6 nitrogen and oxygen atoms in total. The SMILES string of the molecule is Cc1nc(C)c(-c2ccc(=O)n(CCNC(=O)c3c(F)cccc3F)n2)s1. The molecule has 2 heterocycles. The van der Waals surface area contributed by atoms with Crippen molar-refractivity contribution in [2.24, 2.45) is 0 Å². The maximum absolute atomic E-state index is 13.6. The van der Waals surface area contributed by atoms with E-state index < -0.39 is 23.1 Å². The normalized spacial score (nSPS) is 10.8. The summed E-state index contributed by atoms with van der Waals surface area (Å²) >= 11 is 1.47. The molecule has 2 aromatic heterocycles. The van der Waals surface area contributed by atoms with Gasteiger partial charge in [-0.2, -0.15) is 5.10 Å². The lowest BCUT2D eigenvalue weighted by molar-refractivity contribution is 0.0943. The third-order valence-electron chi connectivity index (χ3n) is 3.80. The Morgan fingerprint density at radius 1 is 1.19 bits per heavy atom. The molecule has 0 fully saturated rings. The van der Waals surface area contributed by atoms with Crippen LogP contribution in [-0.2, 0) is 6.54 Å². The number of nitrogens with zero attached hydrogens (tertiary/aromatic N) is 3. The zero-order valence-corrected chi connectivity index (χ0v) is 15.4. The lowest BCUT2D eigenvalue weighted by atomic mass is 10.2. The van der Waals surface area contributed by atoms with Gasteiger partial charge in [-0.15, -0.1) is 11.3 Å². The van der Waals surface area contributed by atoms with Gasteiger partial charge < -0.3 is 5.32 Å². The van der Waals surface area contributed by atoms with Gasteiger partial charge in [0.15, 0.2) is 0 Å². The average molecular weight is 390 g/mol. The minimum Gasteiger partial charge on any atom is -0.350 e. The average Bonchev–Trinajstić information content (AvgIpc) is 2.95. The first-order valence-electron chi connectivity index (χ1n) is 8.11. The Balaban J connectivity index is 1.73. The van der Waals surface area contributed by atoms with Gasteiger partial charge in [-0.1, -0.05) is 6.07 Å². The van der Waals surface area contributed by atoms with E-state index >= 15 is 0 Å². The molecule has 3 rings (SSSR count). The summed E-state index contributed by atoms with van der Waals surface area (Å²) in [7, 11) is 0.